The van der Waals surface area contributed by atoms with Gasteiger partial charge in [-0.15, -0.1) is 0 Å². The van der Waals surface area contributed by atoms with E-state index in [1.807, 2.05) is 24.3 Å². The first-order valence-corrected chi connectivity index (χ1v) is 6.49. The molecule has 2 atom stereocenters. The number of aliphatic hydroxyl groups is 2. The van der Waals surface area contributed by atoms with Crippen LogP contribution in [0.5, 0.6) is 0 Å². The molecule has 0 saturated heterocycles. The maximum Gasteiger partial charge on any atom is 0.135 e. The van der Waals surface area contributed by atoms with Gasteiger partial charge in [-0.25, -0.2) is 0 Å². The van der Waals surface area contributed by atoms with E-state index in [0.717, 1.165) is 21.9 Å². The molecule has 2 N–H and O–H groups in total. The van der Waals surface area contributed by atoms with Crippen molar-refractivity contribution in [1.29, 1.82) is 0 Å². The van der Waals surface area contributed by atoms with Gasteiger partial charge in [0, 0.05) is 15.7 Å². The summed E-state index contributed by atoms with van der Waals surface area (Å²) in [6.07, 6.45) is -2.26. The van der Waals surface area contributed by atoms with E-state index in [1.54, 1.807) is 18.2 Å². The lowest BCUT2D eigenvalue weighted by molar-refractivity contribution is 0.0245. The van der Waals surface area contributed by atoms with E-state index in [9.17, 15) is 10.2 Å². The molecule has 0 amide bonds. The van der Waals surface area contributed by atoms with Crippen LogP contribution < -0.4 is 0 Å². The Kier molecular flexibility index (Phi) is 3.50. The summed E-state index contributed by atoms with van der Waals surface area (Å²) < 4.78 is 5.70. The molecule has 3 rings (SSSR count). The van der Waals surface area contributed by atoms with Crippen LogP contribution in [0.3, 0.4) is 0 Å². The fourth-order valence-electron chi connectivity index (χ4n) is 2.37. The highest BCUT2D eigenvalue weighted by Gasteiger charge is 2.19. The van der Waals surface area contributed by atoms with Crippen LogP contribution in [-0.4, -0.2) is 22.9 Å². The molecule has 6 nitrogen and oxygen atoms in total. The number of para-hydroxylation sites is 1. The van der Waals surface area contributed by atoms with Crippen LogP contribution in [0.1, 0.15) is 11.7 Å². The minimum atomic E-state index is -1.14. The molecule has 0 spiro atoms. The van der Waals surface area contributed by atoms with Gasteiger partial charge in [-0.2, -0.15) is 0 Å². The molecule has 0 bridgehead atoms. The molecule has 0 radical (unpaired) electrons. The number of azide groups is 1. The lowest BCUT2D eigenvalue weighted by atomic mass is 10.0. The van der Waals surface area contributed by atoms with Gasteiger partial charge in [0.2, 0.25) is 0 Å². The fourth-order valence-corrected chi connectivity index (χ4v) is 2.37. The van der Waals surface area contributed by atoms with Gasteiger partial charge >= 0.3 is 0 Å². The number of furan rings is 1. The summed E-state index contributed by atoms with van der Waals surface area (Å²) in [6.45, 7) is -0.179. The fraction of sp³-hybridized carbons (Fsp3) is 0.200. The number of hydrogen-bond donors (Lipinski definition) is 2. The second-order valence-electron chi connectivity index (χ2n) is 4.78. The number of hydrogen-bond acceptors (Lipinski definition) is 4. The molecule has 1 heterocycles. The molecule has 0 fully saturated rings. The van der Waals surface area contributed by atoms with Crippen LogP contribution in [0.25, 0.3) is 32.4 Å². The zero-order chi connectivity index (χ0) is 14.8. The molecule has 3 aromatic rings. The smallest absolute Gasteiger partial charge is 0.135 e. The van der Waals surface area contributed by atoms with Crippen LogP contribution in [0.4, 0.5) is 0 Å². The van der Waals surface area contributed by atoms with E-state index < -0.39 is 12.2 Å². The topological polar surface area (TPSA) is 102 Å². The van der Waals surface area contributed by atoms with Crippen molar-refractivity contribution in [2.75, 3.05) is 6.54 Å². The van der Waals surface area contributed by atoms with Crippen molar-refractivity contribution in [3.05, 3.63) is 58.5 Å². The summed E-state index contributed by atoms with van der Waals surface area (Å²) >= 11 is 0. The Morgan fingerprint density at radius 2 is 1.86 bits per heavy atom. The maximum atomic E-state index is 10.1. The van der Waals surface area contributed by atoms with Gasteiger partial charge in [0.05, 0.1) is 12.6 Å². The predicted molar refractivity (Wildman–Crippen MR) is 78.7 cm³/mol. The normalized spacial score (nSPS) is 14.0. The third-order valence-electron chi connectivity index (χ3n) is 3.44. The average Bonchev–Trinajstić information content (AvgIpc) is 2.89. The Morgan fingerprint density at radius 1 is 1.10 bits per heavy atom. The average molecular weight is 283 g/mol. The minimum Gasteiger partial charge on any atom is -0.456 e. The molecule has 2 unspecified atom stereocenters. The quantitative estimate of drug-likeness (QED) is 0.436. The Morgan fingerprint density at radius 3 is 2.67 bits per heavy atom. The summed E-state index contributed by atoms with van der Waals surface area (Å²) in [7, 11) is 0. The zero-order valence-corrected chi connectivity index (χ0v) is 11.0. The van der Waals surface area contributed by atoms with Crippen molar-refractivity contribution in [1.82, 2.24) is 0 Å². The Bertz CT molecular complexity index is 836. The molecule has 106 valence electrons. The van der Waals surface area contributed by atoms with E-state index in [1.165, 1.54) is 0 Å². The van der Waals surface area contributed by atoms with Gasteiger partial charge in [-0.05, 0) is 29.3 Å². The summed E-state index contributed by atoms with van der Waals surface area (Å²) in [5.74, 6) is 0. The van der Waals surface area contributed by atoms with Crippen molar-refractivity contribution in [2.24, 2.45) is 5.11 Å². The van der Waals surface area contributed by atoms with Gasteiger partial charge in [-0.3, -0.25) is 0 Å². The molecular formula is C15H13N3O3. The Balaban J connectivity index is 2.03. The number of aliphatic hydroxyl groups excluding tert-OH is 2. The third kappa shape index (κ3) is 2.43. The van der Waals surface area contributed by atoms with Crippen LogP contribution >= 0.6 is 0 Å². The standard InChI is InChI=1S/C15H13N3O3/c16-18-17-8-12(19)15(20)9-5-6-14-11(7-9)10-3-1-2-4-13(10)21-14/h1-7,12,15,19-20H,8H2. The monoisotopic (exact) mass is 283 g/mol. The van der Waals surface area contributed by atoms with Crippen LogP contribution in [0, 0.1) is 0 Å². The second-order valence-corrected chi connectivity index (χ2v) is 4.78. The molecule has 2 aromatic carbocycles. The second kappa shape index (κ2) is 5.46. The van der Waals surface area contributed by atoms with Gasteiger partial charge in [0.25, 0.3) is 0 Å². The van der Waals surface area contributed by atoms with Crippen molar-refractivity contribution < 1.29 is 14.6 Å². The van der Waals surface area contributed by atoms with Gasteiger partial charge in [-0.1, -0.05) is 29.4 Å². The van der Waals surface area contributed by atoms with Crippen LogP contribution in [0.15, 0.2) is 52.0 Å². The number of nitrogens with zero attached hydrogens (tertiary/aromatic N) is 3. The van der Waals surface area contributed by atoms with Crippen molar-refractivity contribution in [3.8, 4) is 0 Å². The maximum absolute atomic E-state index is 10.1. The summed E-state index contributed by atoms with van der Waals surface area (Å²) in [6, 6.07) is 12.9. The van der Waals surface area contributed by atoms with Crippen molar-refractivity contribution in [3.63, 3.8) is 0 Å². The Hall–Kier alpha value is -2.53. The predicted octanol–water partition coefficient (Wildman–Crippen LogP) is 3.29. The molecule has 0 aliphatic carbocycles. The number of rotatable bonds is 4. The lowest BCUT2D eigenvalue weighted by Gasteiger charge is -2.16. The number of fused-ring (bicyclic) bond motifs is 3. The molecular weight excluding hydrogens is 270 g/mol. The first-order chi connectivity index (χ1) is 10.2. The number of benzene rings is 2. The third-order valence-corrected chi connectivity index (χ3v) is 3.44. The van der Waals surface area contributed by atoms with E-state index in [0.29, 0.717) is 5.56 Å². The van der Waals surface area contributed by atoms with Crippen molar-refractivity contribution in [2.45, 2.75) is 12.2 Å². The molecule has 0 aliphatic heterocycles. The Labute approximate surface area is 119 Å². The molecule has 0 aliphatic rings. The minimum absolute atomic E-state index is 0.179. The molecule has 6 heteroatoms. The van der Waals surface area contributed by atoms with E-state index in [2.05, 4.69) is 10.0 Å². The SMILES string of the molecule is [N-]=[N+]=NCC(O)C(O)c1ccc2oc3ccccc3c2c1. The van der Waals surface area contributed by atoms with E-state index >= 15 is 0 Å². The molecule has 1 aromatic heterocycles. The van der Waals surface area contributed by atoms with Gasteiger partial charge in [0.15, 0.2) is 0 Å². The van der Waals surface area contributed by atoms with Crippen LogP contribution in [-0.2, 0) is 0 Å². The lowest BCUT2D eigenvalue weighted by Crippen LogP contribution is -2.21. The van der Waals surface area contributed by atoms with Gasteiger partial charge < -0.3 is 14.6 Å². The van der Waals surface area contributed by atoms with E-state index in [-0.39, 0.29) is 6.54 Å². The molecule has 21 heavy (non-hydrogen) atoms. The molecule has 0 saturated carbocycles. The zero-order valence-electron chi connectivity index (χ0n) is 11.0. The van der Waals surface area contributed by atoms with Gasteiger partial charge in [0.1, 0.15) is 17.3 Å². The summed E-state index contributed by atoms with van der Waals surface area (Å²) in [4.78, 5) is 2.57. The van der Waals surface area contributed by atoms with Crippen LogP contribution in [0.2, 0.25) is 0 Å². The summed E-state index contributed by atoms with van der Waals surface area (Å²) in [5.41, 5.74) is 10.3. The first kappa shape index (κ1) is 13.5. The van der Waals surface area contributed by atoms with Crippen molar-refractivity contribution >= 4 is 21.9 Å². The first-order valence-electron chi connectivity index (χ1n) is 6.49. The summed E-state index contributed by atoms with van der Waals surface area (Å²) in [5, 5.41) is 25.0. The highest BCUT2D eigenvalue weighted by atomic mass is 16.3. The highest BCUT2D eigenvalue weighted by Crippen LogP contribution is 2.31. The highest BCUT2D eigenvalue weighted by molar-refractivity contribution is 6.04. The largest absolute Gasteiger partial charge is 0.456 e. The van der Waals surface area contributed by atoms with E-state index in [4.69, 9.17) is 9.95 Å².